The molecule has 0 atom stereocenters. The Morgan fingerprint density at radius 3 is 2.72 bits per heavy atom. The number of amides is 1. The van der Waals surface area contributed by atoms with E-state index in [1.54, 1.807) is 12.3 Å². The smallest absolute Gasteiger partial charge is 0.269 e. The highest BCUT2D eigenvalue weighted by Gasteiger charge is 2.18. The van der Waals surface area contributed by atoms with Crippen LogP contribution in [0.5, 0.6) is 0 Å². The van der Waals surface area contributed by atoms with Gasteiger partial charge in [0.05, 0.1) is 11.2 Å². The molecule has 3 aromatic rings. The first-order valence-electron chi connectivity index (χ1n) is 12.2. The SMILES string of the molecule is CCCCCCCCc1cc(C(=O)NNc2c3c(nc4ccccc24)CCCC3)ccn1. The average Bonchev–Trinajstić information content (AvgIpc) is 2.84. The second kappa shape index (κ2) is 11.1. The first kappa shape index (κ1) is 22.3. The van der Waals surface area contributed by atoms with Crippen LogP contribution in [0.25, 0.3) is 10.9 Å². The number of carbonyl (C=O) groups excluding carboxylic acids is 1. The fourth-order valence-corrected chi connectivity index (χ4v) is 4.55. The zero-order valence-electron chi connectivity index (χ0n) is 19.1. The number of benzene rings is 1. The molecule has 1 amide bonds. The van der Waals surface area contributed by atoms with E-state index in [0.29, 0.717) is 5.56 Å². The molecule has 0 saturated heterocycles. The fourth-order valence-electron chi connectivity index (χ4n) is 4.55. The van der Waals surface area contributed by atoms with Crippen molar-refractivity contribution in [2.75, 3.05) is 5.43 Å². The molecule has 1 aliphatic rings. The molecule has 5 heteroatoms. The second-order valence-electron chi connectivity index (χ2n) is 8.77. The van der Waals surface area contributed by atoms with Crippen LogP contribution >= 0.6 is 0 Å². The lowest BCUT2D eigenvalue weighted by molar-refractivity contribution is 0.0962. The highest BCUT2D eigenvalue weighted by molar-refractivity contribution is 5.98. The number of hydrogen-bond donors (Lipinski definition) is 2. The molecular weight excluding hydrogens is 396 g/mol. The van der Waals surface area contributed by atoms with E-state index >= 15 is 0 Å². The van der Waals surface area contributed by atoms with E-state index in [-0.39, 0.29) is 5.91 Å². The Morgan fingerprint density at radius 2 is 1.81 bits per heavy atom. The van der Waals surface area contributed by atoms with Crippen LogP contribution < -0.4 is 10.9 Å². The summed E-state index contributed by atoms with van der Waals surface area (Å²) in [5.41, 5.74) is 12.1. The largest absolute Gasteiger partial charge is 0.297 e. The van der Waals surface area contributed by atoms with Crippen molar-refractivity contribution in [2.24, 2.45) is 0 Å². The van der Waals surface area contributed by atoms with Crippen molar-refractivity contribution < 1.29 is 4.79 Å². The van der Waals surface area contributed by atoms with Crippen molar-refractivity contribution in [1.29, 1.82) is 0 Å². The van der Waals surface area contributed by atoms with Crippen LogP contribution in [-0.4, -0.2) is 15.9 Å². The maximum Gasteiger partial charge on any atom is 0.269 e. The number of hydrogen-bond acceptors (Lipinski definition) is 4. The third-order valence-corrected chi connectivity index (χ3v) is 6.34. The maximum absolute atomic E-state index is 12.9. The summed E-state index contributed by atoms with van der Waals surface area (Å²) in [6.45, 7) is 2.24. The van der Waals surface area contributed by atoms with E-state index in [9.17, 15) is 4.79 Å². The molecule has 0 radical (unpaired) electrons. The molecule has 0 spiro atoms. The maximum atomic E-state index is 12.9. The first-order chi connectivity index (χ1) is 15.8. The summed E-state index contributed by atoms with van der Waals surface area (Å²) in [7, 11) is 0. The number of anilines is 1. The van der Waals surface area contributed by atoms with E-state index < -0.39 is 0 Å². The Hall–Kier alpha value is -2.95. The minimum absolute atomic E-state index is 0.137. The molecule has 2 N–H and O–H groups in total. The van der Waals surface area contributed by atoms with Gasteiger partial charge >= 0.3 is 0 Å². The summed E-state index contributed by atoms with van der Waals surface area (Å²) in [6.07, 6.45) is 14.5. The minimum atomic E-state index is -0.137. The number of carbonyl (C=O) groups is 1. The topological polar surface area (TPSA) is 66.9 Å². The van der Waals surface area contributed by atoms with Gasteiger partial charge in [0.15, 0.2) is 0 Å². The second-order valence-corrected chi connectivity index (χ2v) is 8.77. The Labute approximate surface area is 191 Å². The molecule has 2 aromatic heterocycles. The molecule has 2 heterocycles. The zero-order valence-corrected chi connectivity index (χ0v) is 19.1. The number of aromatic nitrogens is 2. The summed E-state index contributed by atoms with van der Waals surface area (Å²) in [6, 6.07) is 11.8. The van der Waals surface area contributed by atoms with Crippen molar-refractivity contribution >= 4 is 22.5 Å². The number of unbranched alkanes of at least 4 members (excludes halogenated alkanes) is 5. The molecule has 4 rings (SSSR count). The van der Waals surface area contributed by atoms with Gasteiger partial charge in [0.25, 0.3) is 5.91 Å². The van der Waals surface area contributed by atoms with Crippen LogP contribution in [0.3, 0.4) is 0 Å². The lowest BCUT2D eigenvalue weighted by atomic mass is 9.93. The van der Waals surface area contributed by atoms with Crippen LogP contribution in [-0.2, 0) is 19.3 Å². The number of nitrogens with zero attached hydrogens (tertiary/aromatic N) is 2. The lowest BCUT2D eigenvalue weighted by Gasteiger charge is -2.21. The highest BCUT2D eigenvalue weighted by atomic mass is 16.2. The van der Waals surface area contributed by atoms with Crippen molar-refractivity contribution in [3.8, 4) is 0 Å². The van der Waals surface area contributed by atoms with Gasteiger partial charge in [-0.1, -0.05) is 57.2 Å². The molecule has 0 unspecified atom stereocenters. The number of nitrogens with one attached hydrogen (secondary N) is 2. The van der Waals surface area contributed by atoms with Crippen LogP contribution in [0.2, 0.25) is 0 Å². The van der Waals surface area contributed by atoms with E-state index in [4.69, 9.17) is 4.98 Å². The highest BCUT2D eigenvalue weighted by Crippen LogP contribution is 2.32. The number of hydrazine groups is 1. The third kappa shape index (κ3) is 5.45. The normalized spacial score (nSPS) is 13.0. The predicted octanol–water partition coefficient (Wildman–Crippen LogP) is 6.17. The fraction of sp³-hybridized carbons (Fsp3) is 0.444. The van der Waals surface area contributed by atoms with Gasteiger partial charge in [-0.25, -0.2) is 0 Å². The van der Waals surface area contributed by atoms with Crippen molar-refractivity contribution in [3.05, 3.63) is 65.1 Å². The van der Waals surface area contributed by atoms with E-state index in [1.165, 1.54) is 44.1 Å². The Kier molecular flexibility index (Phi) is 7.70. The van der Waals surface area contributed by atoms with Crippen molar-refractivity contribution in [2.45, 2.75) is 77.6 Å². The standard InChI is InChI=1S/C27H34N4O/c1-2-3-4-5-6-7-12-21-19-20(17-18-28-21)27(32)31-30-26-22-13-8-10-15-24(22)29-25-16-11-9-14-23(25)26/h8,10,13,15,17-19H,2-7,9,11-12,14,16H2,1H3,(H,29,30)(H,31,32). The van der Waals surface area contributed by atoms with Gasteiger partial charge < -0.3 is 0 Å². The van der Waals surface area contributed by atoms with Crippen LogP contribution in [0.1, 0.15) is 85.6 Å². The van der Waals surface area contributed by atoms with Gasteiger partial charge in [0.1, 0.15) is 0 Å². The molecular formula is C27H34N4O. The van der Waals surface area contributed by atoms with Gasteiger partial charge in [-0.3, -0.25) is 25.6 Å². The van der Waals surface area contributed by atoms with Crippen LogP contribution in [0, 0.1) is 0 Å². The lowest BCUT2D eigenvalue weighted by Crippen LogP contribution is -2.30. The minimum Gasteiger partial charge on any atom is -0.297 e. The van der Waals surface area contributed by atoms with Gasteiger partial charge in [0, 0.05) is 28.5 Å². The molecule has 168 valence electrons. The molecule has 1 aliphatic carbocycles. The quantitative estimate of drug-likeness (QED) is 0.298. The Morgan fingerprint density at radius 1 is 1.00 bits per heavy atom. The molecule has 5 nitrogen and oxygen atoms in total. The Balaban J connectivity index is 1.42. The number of pyridine rings is 2. The van der Waals surface area contributed by atoms with Crippen molar-refractivity contribution in [3.63, 3.8) is 0 Å². The first-order valence-corrected chi connectivity index (χ1v) is 12.2. The molecule has 0 fully saturated rings. The summed E-state index contributed by atoms with van der Waals surface area (Å²) >= 11 is 0. The average molecular weight is 431 g/mol. The van der Waals surface area contributed by atoms with Gasteiger partial charge in [-0.05, 0) is 62.3 Å². The van der Waals surface area contributed by atoms with Crippen molar-refractivity contribution in [1.82, 2.24) is 15.4 Å². The van der Waals surface area contributed by atoms with Crippen LogP contribution in [0.4, 0.5) is 5.69 Å². The van der Waals surface area contributed by atoms with E-state index in [2.05, 4.69) is 28.8 Å². The summed E-state index contributed by atoms with van der Waals surface area (Å²) < 4.78 is 0. The molecule has 32 heavy (non-hydrogen) atoms. The number of rotatable bonds is 10. The molecule has 0 saturated carbocycles. The van der Waals surface area contributed by atoms with Gasteiger partial charge in [-0.2, -0.15) is 0 Å². The molecule has 0 aliphatic heterocycles. The summed E-state index contributed by atoms with van der Waals surface area (Å²) in [5, 5.41) is 1.05. The molecule has 0 bridgehead atoms. The predicted molar refractivity (Wildman–Crippen MR) is 131 cm³/mol. The third-order valence-electron chi connectivity index (χ3n) is 6.34. The summed E-state index contributed by atoms with van der Waals surface area (Å²) in [4.78, 5) is 22.2. The number of para-hydroxylation sites is 1. The van der Waals surface area contributed by atoms with E-state index in [1.807, 2.05) is 24.3 Å². The summed E-state index contributed by atoms with van der Waals surface area (Å²) in [5.74, 6) is -0.137. The Bertz CT molecular complexity index is 1060. The van der Waals surface area contributed by atoms with E-state index in [0.717, 1.165) is 60.1 Å². The zero-order chi connectivity index (χ0) is 22.2. The van der Waals surface area contributed by atoms with Gasteiger partial charge in [0.2, 0.25) is 0 Å². The van der Waals surface area contributed by atoms with Crippen LogP contribution in [0.15, 0.2) is 42.6 Å². The molecule has 1 aromatic carbocycles. The number of aryl methyl sites for hydroxylation is 2. The monoisotopic (exact) mass is 430 g/mol. The van der Waals surface area contributed by atoms with Gasteiger partial charge in [-0.15, -0.1) is 0 Å². The number of fused-ring (bicyclic) bond motifs is 2.